The van der Waals surface area contributed by atoms with Crippen LogP contribution in [0.1, 0.15) is 11.6 Å². The molecule has 1 aliphatic rings. The molecular weight excluding hydrogens is 196 g/mol. The molecule has 0 bridgehead atoms. The Balaban J connectivity index is 2.07. The second-order valence-corrected chi connectivity index (χ2v) is 3.84. The molecule has 0 atom stereocenters. The lowest BCUT2D eigenvalue weighted by Crippen LogP contribution is -2.04. The maximum absolute atomic E-state index is 4.67. The normalized spacial score (nSPS) is 15.2. The third kappa shape index (κ3) is 1.58. The lowest BCUT2D eigenvalue weighted by molar-refractivity contribution is 0.953. The van der Waals surface area contributed by atoms with Gasteiger partial charge in [0.2, 0.25) is 0 Å². The van der Waals surface area contributed by atoms with E-state index in [-0.39, 0.29) is 5.92 Å². The number of pyridine rings is 1. The van der Waals surface area contributed by atoms with Crippen LogP contribution in [0, 0.1) is 0 Å². The molecule has 0 saturated heterocycles. The van der Waals surface area contributed by atoms with Crippen LogP contribution >= 0.6 is 0 Å². The first kappa shape index (κ1) is 9.16. The highest BCUT2D eigenvalue weighted by Crippen LogP contribution is 2.21. The fourth-order valence-corrected chi connectivity index (χ4v) is 1.90. The molecule has 16 heavy (non-hydrogen) atoms. The molecule has 0 amide bonds. The van der Waals surface area contributed by atoms with E-state index in [1.807, 2.05) is 30.6 Å². The molecule has 1 aromatic carbocycles. The lowest BCUT2D eigenvalue weighted by Gasteiger charge is -2.11. The molecule has 2 nitrogen and oxygen atoms in total. The van der Waals surface area contributed by atoms with Crippen LogP contribution in [0.2, 0.25) is 0 Å². The molecule has 0 saturated carbocycles. The summed E-state index contributed by atoms with van der Waals surface area (Å²) in [5.74, 6) is 0.283. The van der Waals surface area contributed by atoms with Crippen molar-refractivity contribution in [3.63, 3.8) is 0 Å². The minimum Gasteiger partial charge on any atom is -0.368 e. The van der Waals surface area contributed by atoms with Crippen molar-refractivity contribution in [1.82, 2.24) is 10.3 Å². The van der Waals surface area contributed by atoms with Crippen molar-refractivity contribution < 1.29 is 0 Å². The van der Waals surface area contributed by atoms with E-state index in [1.54, 1.807) is 0 Å². The van der Waals surface area contributed by atoms with E-state index < -0.39 is 0 Å². The summed E-state index contributed by atoms with van der Waals surface area (Å²) in [5, 5.41) is 4.22. The summed E-state index contributed by atoms with van der Waals surface area (Å²) in [4.78, 5) is 4.67. The fraction of sp³-hybridized carbons (Fsp3) is 0.0714. The van der Waals surface area contributed by atoms with Crippen molar-refractivity contribution in [2.75, 3.05) is 0 Å². The van der Waals surface area contributed by atoms with Crippen molar-refractivity contribution in [1.29, 1.82) is 0 Å². The zero-order valence-electron chi connectivity index (χ0n) is 8.80. The number of fused-ring (bicyclic) bond motifs is 1. The number of para-hydroxylation sites is 1. The Bertz CT molecular complexity index is 558. The molecule has 0 fully saturated rings. The highest BCUT2D eigenvalue weighted by Gasteiger charge is 2.08. The van der Waals surface area contributed by atoms with Gasteiger partial charge in [-0.25, -0.2) is 0 Å². The molecule has 0 aliphatic carbocycles. The van der Waals surface area contributed by atoms with Crippen LogP contribution in [0.3, 0.4) is 0 Å². The van der Waals surface area contributed by atoms with E-state index in [9.17, 15) is 0 Å². The summed E-state index contributed by atoms with van der Waals surface area (Å²) in [6, 6.07) is 12.4. The summed E-state index contributed by atoms with van der Waals surface area (Å²) in [7, 11) is 0. The van der Waals surface area contributed by atoms with Gasteiger partial charge in [-0.15, -0.1) is 0 Å². The first-order valence-electron chi connectivity index (χ1n) is 5.38. The maximum Gasteiger partial charge on any atom is 0.0705 e. The van der Waals surface area contributed by atoms with E-state index in [1.165, 1.54) is 5.39 Å². The van der Waals surface area contributed by atoms with Crippen molar-refractivity contribution in [3.05, 3.63) is 66.6 Å². The predicted molar refractivity (Wildman–Crippen MR) is 65.9 cm³/mol. The van der Waals surface area contributed by atoms with Gasteiger partial charge in [0, 0.05) is 11.3 Å². The smallest absolute Gasteiger partial charge is 0.0705 e. The van der Waals surface area contributed by atoms with Gasteiger partial charge in [-0.1, -0.05) is 36.4 Å². The molecule has 2 heterocycles. The first-order valence-corrected chi connectivity index (χ1v) is 5.38. The van der Waals surface area contributed by atoms with Gasteiger partial charge in [-0.05, 0) is 24.5 Å². The second kappa shape index (κ2) is 3.81. The summed E-state index contributed by atoms with van der Waals surface area (Å²) < 4.78 is 0. The first-order chi connectivity index (χ1) is 7.93. The number of allylic oxidation sites excluding steroid dienone is 2. The molecule has 1 N–H and O–H groups in total. The van der Waals surface area contributed by atoms with Crippen LogP contribution in [0.25, 0.3) is 10.9 Å². The van der Waals surface area contributed by atoms with Gasteiger partial charge in [-0.2, -0.15) is 0 Å². The third-order valence-corrected chi connectivity index (χ3v) is 2.76. The molecule has 3 rings (SSSR count). The Morgan fingerprint density at radius 2 is 1.75 bits per heavy atom. The highest BCUT2D eigenvalue weighted by molar-refractivity contribution is 5.78. The molecule has 2 heteroatoms. The van der Waals surface area contributed by atoms with Crippen LogP contribution in [0.5, 0.6) is 0 Å². The predicted octanol–water partition coefficient (Wildman–Crippen LogP) is 2.95. The number of rotatable bonds is 1. The Morgan fingerprint density at radius 3 is 2.62 bits per heavy atom. The number of dihydropyridines is 1. The Morgan fingerprint density at radius 1 is 0.938 bits per heavy atom. The zero-order chi connectivity index (χ0) is 10.8. The standard InChI is InChI=1S/C14H12N2/c1-2-4-13-11(3-1)5-6-14(16-13)12-7-9-15-10-8-12/h1-10,12,15H. The van der Waals surface area contributed by atoms with E-state index in [0.717, 1.165) is 11.2 Å². The van der Waals surface area contributed by atoms with Crippen LogP contribution in [0.4, 0.5) is 0 Å². The average molecular weight is 208 g/mol. The van der Waals surface area contributed by atoms with Crippen molar-refractivity contribution in [2.45, 2.75) is 5.92 Å². The molecule has 0 unspecified atom stereocenters. The van der Waals surface area contributed by atoms with Crippen LogP contribution in [-0.4, -0.2) is 4.98 Å². The van der Waals surface area contributed by atoms with Gasteiger partial charge in [0.1, 0.15) is 0 Å². The summed E-state index contributed by atoms with van der Waals surface area (Å²) in [6.45, 7) is 0. The Hall–Kier alpha value is -2.09. The van der Waals surface area contributed by atoms with Gasteiger partial charge in [0.05, 0.1) is 11.2 Å². The lowest BCUT2D eigenvalue weighted by atomic mass is 10.0. The number of nitrogens with one attached hydrogen (secondary N) is 1. The Kier molecular flexibility index (Phi) is 2.18. The van der Waals surface area contributed by atoms with E-state index in [0.29, 0.717) is 0 Å². The van der Waals surface area contributed by atoms with Gasteiger partial charge in [0.25, 0.3) is 0 Å². The van der Waals surface area contributed by atoms with Crippen LogP contribution in [0.15, 0.2) is 61.0 Å². The number of hydrogen-bond acceptors (Lipinski definition) is 2. The molecule has 0 radical (unpaired) electrons. The minimum absolute atomic E-state index is 0.283. The van der Waals surface area contributed by atoms with Crippen molar-refractivity contribution in [2.24, 2.45) is 0 Å². The number of hydrogen-bond donors (Lipinski definition) is 1. The van der Waals surface area contributed by atoms with E-state index >= 15 is 0 Å². The minimum atomic E-state index is 0.283. The van der Waals surface area contributed by atoms with Gasteiger partial charge < -0.3 is 5.32 Å². The van der Waals surface area contributed by atoms with Gasteiger partial charge in [-0.3, -0.25) is 4.98 Å². The second-order valence-electron chi connectivity index (χ2n) is 3.84. The van der Waals surface area contributed by atoms with Gasteiger partial charge in [0.15, 0.2) is 0 Å². The van der Waals surface area contributed by atoms with Gasteiger partial charge >= 0.3 is 0 Å². The number of aromatic nitrogens is 1. The monoisotopic (exact) mass is 208 g/mol. The van der Waals surface area contributed by atoms with Crippen molar-refractivity contribution >= 4 is 10.9 Å². The molecule has 0 spiro atoms. The number of benzene rings is 1. The SMILES string of the molecule is C1=CC(c2ccc3ccccc3n2)C=CN1. The average Bonchev–Trinajstić information content (AvgIpc) is 2.39. The molecule has 2 aromatic rings. The quantitative estimate of drug-likeness (QED) is 0.779. The molecular formula is C14H12N2. The van der Waals surface area contributed by atoms with Crippen LogP contribution < -0.4 is 5.32 Å². The summed E-state index contributed by atoms with van der Waals surface area (Å²) in [5.41, 5.74) is 2.15. The topological polar surface area (TPSA) is 24.9 Å². The van der Waals surface area contributed by atoms with E-state index in [2.05, 4.69) is 40.7 Å². The summed E-state index contributed by atoms with van der Waals surface area (Å²) in [6.07, 6.45) is 8.11. The third-order valence-electron chi connectivity index (χ3n) is 2.76. The zero-order valence-corrected chi connectivity index (χ0v) is 8.80. The molecule has 78 valence electrons. The Labute approximate surface area is 94.3 Å². The van der Waals surface area contributed by atoms with Crippen LogP contribution in [-0.2, 0) is 0 Å². The maximum atomic E-state index is 4.67. The summed E-state index contributed by atoms with van der Waals surface area (Å²) >= 11 is 0. The highest BCUT2D eigenvalue weighted by atomic mass is 14.8. The fourth-order valence-electron chi connectivity index (χ4n) is 1.90. The van der Waals surface area contributed by atoms with E-state index in [4.69, 9.17) is 0 Å². The molecule has 1 aliphatic heterocycles. The van der Waals surface area contributed by atoms with Crippen molar-refractivity contribution in [3.8, 4) is 0 Å². The largest absolute Gasteiger partial charge is 0.368 e. The number of nitrogens with zero attached hydrogens (tertiary/aromatic N) is 1. The molecule has 1 aromatic heterocycles.